The van der Waals surface area contributed by atoms with Crippen LogP contribution in [0.2, 0.25) is 0 Å². The van der Waals surface area contributed by atoms with Crippen molar-refractivity contribution in [2.24, 2.45) is 5.73 Å². The molecule has 1 saturated heterocycles. The molecule has 5 heteroatoms. The average molecular weight is 275 g/mol. The van der Waals surface area contributed by atoms with Crippen LogP contribution < -0.4 is 5.73 Å². The number of rotatable bonds is 2. The van der Waals surface area contributed by atoms with Gasteiger partial charge in [0.05, 0.1) is 3.79 Å². The molecule has 0 bridgehead atoms. The highest BCUT2D eigenvalue weighted by Crippen LogP contribution is 2.25. The fourth-order valence-corrected chi connectivity index (χ4v) is 2.81. The van der Waals surface area contributed by atoms with Crippen molar-refractivity contribution in [2.45, 2.75) is 19.0 Å². The lowest BCUT2D eigenvalue weighted by Gasteiger charge is -2.15. The summed E-state index contributed by atoms with van der Waals surface area (Å²) < 4.78 is 1.10. The molecule has 1 aromatic heterocycles. The Hall–Kier alpha value is -0.390. The van der Waals surface area contributed by atoms with Gasteiger partial charge in [-0.05, 0) is 32.9 Å². The van der Waals surface area contributed by atoms with E-state index in [0.29, 0.717) is 19.5 Å². The molecular weight excluding hydrogens is 264 g/mol. The number of nitrogens with zero attached hydrogens (tertiary/aromatic N) is 1. The molecule has 1 fully saturated rings. The molecule has 0 saturated carbocycles. The first-order chi connectivity index (χ1) is 6.66. The van der Waals surface area contributed by atoms with Gasteiger partial charge in [-0.3, -0.25) is 4.79 Å². The van der Waals surface area contributed by atoms with Gasteiger partial charge in [0.1, 0.15) is 0 Å². The van der Waals surface area contributed by atoms with Crippen LogP contribution in [-0.4, -0.2) is 23.4 Å². The highest BCUT2D eigenvalue weighted by molar-refractivity contribution is 9.11. The van der Waals surface area contributed by atoms with Crippen LogP contribution in [0, 0.1) is 0 Å². The Balaban J connectivity index is 2.05. The zero-order valence-electron chi connectivity index (χ0n) is 7.57. The Morgan fingerprint density at radius 1 is 1.71 bits per heavy atom. The zero-order chi connectivity index (χ0) is 10.1. The summed E-state index contributed by atoms with van der Waals surface area (Å²) in [4.78, 5) is 13.3. The molecule has 0 aliphatic carbocycles. The first kappa shape index (κ1) is 10.1. The van der Waals surface area contributed by atoms with Gasteiger partial charge in [-0.25, -0.2) is 0 Å². The lowest BCUT2D eigenvalue weighted by atomic mass is 10.3. The van der Waals surface area contributed by atoms with Crippen molar-refractivity contribution in [2.75, 3.05) is 6.54 Å². The minimum absolute atomic E-state index is 0.0138. The predicted octanol–water partition coefficient (Wildman–Crippen LogP) is 1.57. The van der Waals surface area contributed by atoms with Crippen LogP contribution in [-0.2, 0) is 11.3 Å². The number of hydrogen-bond acceptors (Lipinski definition) is 3. The van der Waals surface area contributed by atoms with E-state index in [-0.39, 0.29) is 11.9 Å². The monoisotopic (exact) mass is 274 g/mol. The molecule has 2 N–H and O–H groups in total. The number of nitrogens with two attached hydrogens (primary N) is 1. The maximum Gasteiger partial charge on any atom is 0.224 e. The Labute approximate surface area is 95.0 Å². The molecule has 0 radical (unpaired) electrons. The molecule has 1 amide bonds. The highest BCUT2D eigenvalue weighted by Gasteiger charge is 2.27. The Kier molecular flexibility index (Phi) is 2.90. The lowest BCUT2D eigenvalue weighted by Crippen LogP contribution is -2.27. The molecule has 1 atom stereocenters. The van der Waals surface area contributed by atoms with Gasteiger partial charge in [0.2, 0.25) is 5.91 Å². The third-order valence-corrected chi connectivity index (χ3v) is 4.11. The van der Waals surface area contributed by atoms with Crippen LogP contribution in [0.4, 0.5) is 0 Å². The highest BCUT2D eigenvalue weighted by atomic mass is 79.9. The summed E-state index contributed by atoms with van der Waals surface area (Å²) in [7, 11) is 0. The Bertz CT molecular complexity index is 352. The molecule has 14 heavy (non-hydrogen) atoms. The summed E-state index contributed by atoms with van der Waals surface area (Å²) in [5, 5.41) is 2.01. The predicted molar refractivity (Wildman–Crippen MR) is 60.0 cm³/mol. The molecule has 0 spiro atoms. The molecule has 1 aliphatic rings. The minimum atomic E-state index is 0.0138. The molecule has 76 valence electrons. The van der Waals surface area contributed by atoms with Crippen LogP contribution in [0.3, 0.4) is 0 Å². The van der Waals surface area contributed by atoms with Gasteiger partial charge in [-0.15, -0.1) is 11.3 Å². The van der Waals surface area contributed by atoms with Crippen molar-refractivity contribution in [3.05, 3.63) is 20.8 Å². The van der Waals surface area contributed by atoms with Crippen molar-refractivity contribution >= 4 is 33.2 Å². The van der Waals surface area contributed by atoms with Crippen molar-refractivity contribution in [3.63, 3.8) is 0 Å². The molecule has 0 aromatic carbocycles. The fraction of sp³-hybridized carbons (Fsp3) is 0.444. The van der Waals surface area contributed by atoms with Crippen molar-refractivity contribution < 1.29 is 4.79 Å². The molecule has 2 rings (SSSR count). The van der Waals surface area contributed by atoms with E-state index < -0.39 is 0 Å². The van der Waals surface area contributed by atoms with Crippen LogP contribution in [0.1, 0.15) is 12.0 Å². The first-order valence-electron chi connectivity index (χ1n) is 4.42. The van der Waals surface area contributed by atoms with Gasteiger partial charge >= 0.3 is 0 Å². The fourth-order valence-electron chi connectivity index (χ4n) is 1.59. The molecule has 1 unspecified atom stereocenters. The summed E-state index contributed by atoms with van der Waals surface area (Å²) in [5.74, 6) is 0.163. The lowest BCUT2D eigenvalue weighted by molar-refractivity contribution is -0.128. The Morgan fingerprint density at radius 2 is 2.50 bits per heavy atom. The number of hydrogen-bond donors (Lipinski definition) is 1. The summed E-state index contributed by atoms with van der Waals surface area (Å²) in [6.07, 6.45) is 0.488. The van der Waals surface area contributed by atoms with Gasteiger partial charge in [0.15, 0.2) is 0 Å². The van der Waals surface area contributed by atoms with E-state index in [2.05, 4.69) is 15.9 Å². The molecule has 1 aromatic rings. The van der Waals surface area contributed by atoms with Crippen molar-refractivity contribution in [1.82, 2.24) is 4.90 Å². The molecule has 2 heterocycles. The smallest absolute Gasteiger partial charge is 0.224 e. The van der Waals surface area contributed by atoms with Gasteiger partial charge in [-0.2, -0.15) is 0 Å². The van der Waals surface area contributed by atoms with E-state index in [0.717, 1.165) is 9.35 Å². The Morgan fingerprint density at radius 3 is 3.00 bits per heavy atom. The summed E-state index contributed by atoms with van der Waals surface area (Å²) in [5.41, 5.74) is 6.88. The average Bonchev–Trinajstić information content (AvgIpc) is 2.62. The number of thiophene rings is 1. The standard InChI is InChI=1S/C9H11BrN2OS/c10-9-6(1-2-14-9)4-12-5-7(11)3-8(12)13/h1-2,7H,3-5,11H2. The number of carbonyl (C=O) groups is 1. The number of carbonyl (C=O) groups excluding carboxylic acids is 1. The summed E-state index contributed by atoms with van der Waals surface area (Å²) >= 11 is 5.10. The van der Waals surface area contributed by atoms with E-state index in [1.54, 1.807) is 11.3 Å². The quantitative estimate of drug-likeness (QED) is 0.890. The zero-order valence-corrected chi connectivity index (χ0v) is 9.97. The third-order valence-electron chi connectivity index (χ3n) is 2.30. The van der Waals surface area contributed by atoms with E-state index in [4.69, 9.17) is 5.73 Å². The van der Waals surface area contributed by atoms with E-state index >= 15 is 0 Å². The SMILES string of the molecule is NC1CC(=O)N(Cc2ccsc2Br)C1. The van der Waals surface area contributed by atoms with Crippen LogP contribution in [0.25, 0.3) is 0 Å². The van der Waals surface area contributed by atoms with Gasteiger partial charge in [-0.1, -0.05) is 0 Å². The normalized spacial score (nSPS) is 22.0. The van der Waals surface area contributed by atoms with Crippen LogP contribution in [0.15, 0.2) is 15.2 Å². The number of halogens is 1. The topological polar surface area (TPSA) is 46.3 Å². The number of likely N-dealkylation sites (tertiary alicyclic amines) is 1. The van der Waals surface area contributed by atoms with Gasteiger partial charge < -0.3 is 10.6 Å². The molecular formula is C9H11BrN2OS. The largest absolute Gasteiger partial charge is 0.337 e. The summed E-state index contributed by atoms with van der Waals surface area (Å²) in [6, 6.07) is 2.05. The summed E-state index contributed by atoms with van der Waals surface area (Å²) in [6.45, 7) is 1.36. The second-order valence-corrected chi connectivity index (χ2v) is 5.69. The molecule has 1 aliphatic heterocycles. The van der Waals surface area contributed by atoms with Crippen molar-refractivity contribution in [3.8, 4) is 0 Å². The van der Waals surface area contributed by atoms with Gasteiger partial charge in [0.25, 0.3) is 0 Å². The van der Waals surface area contributed by atoms with Crippen LogP contribution in [0.5, 0.6) is 0 Å². The number of amides is 1. The maximum absolute atomic E-state index is 11.5. The maximum atomic E-state index is 11.5. The van der Waals surface area contributed by atoms with Crippen molar-refractivity contribution in [1.29, 1.82) is 0 Å². The second-order valence-electron chi connectivity index (χ2n) is 3.46. The molecule has 3 nitrogen and oxygen atoms in total. The van der Waals surface area contributed by atoms with Gasteiger partial charge in [0, 0.05) is 25.6 Å². The third kappa shape index (κ3) is 1.99. The van der Waals surface area contributed by atoms with E-state index in [9.17, 15) is 4.79 Å². The van der Waals surface area contributed by atoms with E-state index in [1.165, 1.54) is 0 Å². The first-order valence-corrected chi connectivity index (χ1v) is 6.09. The van der Waals surface area contributed by atoms with E-state index in [1.807, 2.05) is 16.3 Å². The minimum Gasteiger partial charge on any atom is -0.337 e. The second kappa shape index (κ2) is 4.00. The van der Waals surface area contributed by atoms with Crippen LogP contribution >= 0.6 is 27.3 Å².